The summed E-state index contributed by atoms with van der Waals surface area (Å²) in [5, 5.41) is 14.2. The van der Waals surface area contributed by atoms with Crippen LogP contribution in [0.3, 0.4) is 0 Å². The number of thioether (sulfide) groups is 1. The van der Waals surface area contributed by atoms with Crippen molar-refractivity contribution in [1.82, 2.24) is 25.1 Å². The summed E-state index contributed by atoms with van der Waals surface area (Å²) in [5.74, 6) is 0.714. The van der Waals surface area contributed by atoms with Crippen LogP contribution in [0.2, 0.25) is 0 Å². The lowest BCUT2D eigenvalue weighted by atomic mass is 10.3. The Balaban J connectivity index is 1.50. The molecule has 8 nitrogen and oxygen atoms in total. The van der Waals surface area contributed by atoms with Gasteiger partial charge >= 0.3 is 0 Å². The average molecular weight is 474 g/mol. The molecule has 0 unspecified atom stereocenters. The summed E-state index contributed by atoms with van der Waals surface area (Å²) in [4.78, 5) is 16.6. The molecule has 0 saturated carbocycles. The molecule has 0 aliphatic rings. The molecule has 32 heavy (non-hydrogen) atoms. The number of para-hydroxylation sites is 1. The Morgan fingerprint density at radius 3 is 2.94 bits per heavy atom. The minimum atomic E-state index is -0.399. The van der Waals surface area contributed by atoms with Gasteiger partial charge in [0.25, 0.3) is 5.91 Å². The first-order valence-electron chi connectivity index (χ1n) is 9.76. The second-order valence-corrected chi connectivity index (χ2v) is 8.47. The van der Waals surface area contributed by atoms with Crippen molar-refractivity contribution in [1.29, 1.82) is 0 Å². The van der Waals surface area contributed by atoms with Crippen LogP contribution in [-0.2, 0) is 10.5 Å². The van der Waals surface area contributed by atoms with Crippen molar-refractivity contribution >= 4 is 29.0 Å². The van der Waals surface area contributed by atoms with E-state index in [0.29, 0.717) is 47.0 Å². The lowest BCUT2D eigenvalue weighted by molar-refractivity contribution is 0.0944. The molecule has 4 aromatic rings. The summed E-state index contributed by atoms with van der Waals surface area (Å²) in [6, 6.07) is 9.89. The molecule has 1 N–H and O–H groups in total. The zero-order valence-electron chi connectivity index (χ0n) is 17.2. The maximum atomic E-state index is 14.6. The van der Waals surface area contributed by atoms with Gasteiger partial charge in [0.05, 0.1) is 17.7 Å². The SMILES string of the molecule is COCCCNC(=O)c1csc(CSc2nnc(-c3ccco3)n2-c2ccccc2F)n1. The Bertz CT molecular complexity index is 1180. The fraction of sp³-hybridized carbons (Fsp3) is 0.238. The van der Waals surface area contributed by atoms with Gasteiger partial charge in [-0.25, -0.2) is 9.37 Å². The van der Waals surface area contributed by atoms with Crippen LogP contribution in [0.5, 0.6) is 0 Å². The molecule has 0 radical (unpaired) electrons. The summed E-state index contributed by atoms with van der Waals surface area (Å²) >= 11 is 2.73. The van der Waals surface area contributed by atoms with E-state index >= 15 is 0 Å². The fourth-order valence-electron chi connectivity index (χ4n) is 2.90. The summed E-state index contributed by atoms with van der Waals surface area (Å²) in [6.45, 7) is 1.11. The van der Waals surface area contributed by atoms with Gasteiger partial charge in [-0.05, 0) is 30.7 Å². The smallest absolute Gasteiger partial charge is 0.270 e. The van der Waals surface area contributed by atoms with Crippen LogP contribution in [-0.4, -0.2) is 45.9 Å². The molecular weight excluding hydrogens is 453 g/mol. The lowest BCUT2D eigenvalue weighted by Crippen LogP contribution is -2.25. The summed E-state index contributed by atoms with van der Waals surface area (Å²) in [6.07, 6.45) is 2.26. The number of thiazole rings is 1. The zero-order valence-corrected chi connectivity index (χ0v) is 18.8. The molecule has 0 saturated heterocycles. The number of carbonyl (C=O) groups excluding carboxylic acids is 1. The maximum Gasteiger partial charge on any atom is 0.270 e. The Labute approximate surface area is 191 Å². The van der Waals surface area contributed by atoms with Crippen molar-refractivity contribution in [2.45, 2.75) is 17.3 Å². The molecule has 0 aliphatic heterocycles. The molecule has 0 fully saturated rings. The van der Waals surface area contributed by atoms with Crippen LogP contribution in [0.25, 0.3) is 17.3 Å². The largest absolute Gasteiger partial charge is 0.461 e. The summed E-state index contributed by atoms with van der Waals surface area (Å²) in [5.41, 5.74) is 0.691. The second-order valence-electron chi connectivity index (χ2n) is 6.59. The number of hydrogen-bond acceptors (Lipinski definition) is 8. The number of ether oxygens (including phenoxy) is 1. The van der Waals surface area contributed by atoms with Crippen LogP contribution in [0, 0.1) is 5.82 Å². The molecule has 0 aliphatic carbocycles. The third-order valence-corrected chi connectivity index (χ3v) is 6.36. The van der Waals surface area contributed by atoms with E-state index in [4.69, 9.17) is 9.15 Å². The number of benzene rings is 1. The third-order valence-electron chi connectivity index (χ3n) is 4.39. The van der Waals surface area contributed by atoms with E-state index in [0.717, 1.165) is 11.4 Å². The highest BCUT2D eigenvalue weighted by Crippen LogP contribution is 2.31. The van der Waals surface area contributed by atoms with Crippen LogP contribution >= 0.6 is 23.1 Å². The number of halogens is 1. The van der Waals surface area contributed by atoms with E-state index in [9.17, 15) is 9.18 Å². The van der Waals surface area contributed by atoms with Gasteiger partial charge in [0.2, 0.25) is 5.82 Å². The molecule has 11 heteroatoms. The monoisotopic (exact) mass is 473 g/mol. The molecular formula is C21H20FN5O3S2. The molecule has 1 aromatic carbocycles. The first-order valence-corrected chi connectivity index (χ1v) is 11.6. The van der Waals surface area contributed by atoms with E-state index in [1.165, 1.54) is 35.4 Å². The molecule has 0 spiro atoms. The van der Waals surface area contributed by atoms with Crippen LogP contribution in [0.1, 0.15) is 21.9 Å². The highest BCUT2D eigenvalue weighted by molar-refractivity contribution is 7.98. The minimum absolute atomic E-state index is 0.219. The van der Waals surface area contributed by atoms with Gasteiger partial charge in [-0.15, -0.1) is 21.5 Å². The van der Waals surface area contributed by atoms with E-state index in [1.54, 1.807) is 47.4 Å². The number of nitrogens with one attached hydrogen (secondary N) is 1. The zero-order chi connectivity index (χ0) is 22.3. The van der Waals surface area contributed by atoms with Gasteiger partial charge in [0.1, 0.15) is 16.5 Å². The minimum Gasteiger partial charge on any atom is -0.461 e. The van der Waals surface area contributed by atoms with Gasteiger partial charge < -0.3 is 14.5 Å². The summed E-state index contributed by atoms with van der Waals surface area (Å²) < 4.78 is 26.6. The molecule has 4 rings (SSSR count). The van der Waals surface area contributed by atoms with Crippen molar-refractivity contribution in [3.8, 4) is 17.3 Å². The quantitative estimate of drug-likeness (QED) is 0.273. The highest BCUT2D eigenvalue weighted by atomic mass is 32.2. The van der Waals surface area contributed by atoms with Crippen LogP contribution in [0.4, 0.5) is 4.39 Å². The number of rotatable bonds is 10. The first kappa shape index (κ1) is 22.2. The van der Waals surface area contributed by atoms with Crippen LogP contribution < -0.4 is 5.32 Å². The van der Waals surface area contributed by atoms with Crippen molar-refractivity contribution < 1.29 is 18.3 Å². The Morgan fingerprint density at radius 2 is 2.16 bits per heavy atom. The van der Waals surface area contributed by atoms with Gasteiger partial charge in [-0.1, -0.05) is 23.9 Å². The predicted molar refractivity (Wildman–Crippen MR) is 120 cm³/mol. The Hall–Kier alpha value is -3.02. The van der Waals surface area contributed by atoms with Crippen molar-refractivity contribution in [2.75, 3.05) is 20.3 Å². The van der Waals surface area contributed by atoms with E-state index in [-0.39, 0.29) is 5.91 Å². The number of nitrogens with zero attached hydrogens (tertiary/aromatic N) is 4. The molecule has 0 atom stereocenters. The van der Waals surface area contributed by atoms with Gasteiger partial charge in [0, 0.05) is 25.6 Å². The normalized spacial score (nSPS) is 11.1. The number of hydrogen-bond donors (Lipinski definition) is 1. The number of amides is 1. The first-order chi connectivity index (χ1) is 15.7. The van der Waals surface area contributed by atoms with Crippen molar-refractivity contribution in [2.24, 2.45) is 0 Å². The third kappa shape index (κ3) is 5.06. The average Bonchev–Trinajstić information content (AvgIpc) is 3.56. The topological polar surface area (TPSA) is 95.1 Å². The van der Waals surface area contributed by atoms with Crippen molar-refractivity contribution in [3.63, 3.8) is 0 Å². The fourth-order valence-corrected chi connectivity index (χ4v) is 4.63. The number of furan rings is 1. The predicted octanol–water partition coefficient (Wildman–Crippen LogP) is 4.18. The van der Waals surface area contributed by atoms with Crippen molar-refractivity contribution in [3.05, 3.63) is 64.6 Å². The number of carbonyl (C=O) groups is 1. The highest BCUT2D eigenvalue weighted by Gasteiger charge is 2.21. The molecule has 0 bridgehead atoms. The van der Waals surface area contributed by atoms with Gasteiger partial charge in [0.15, 0.2) is 10.9 Å². The molecule has 1 amide bonds. The molecule has 3 aromatic heterocycles. The second kappa shape index (κ2) is 10.5. The number of methoxy groups -OCH3 is 1. The lowest BCUT2D eigenvalue weighted by Gasteiger charge is -2.09. The Kier molecular flexibility index (Phi) is 7.30. The molecule has 166 valence electrons. The Morgan fingerprint density at radius 1 is 1.28 bits per heavy atom. The maximum absolute atomic E-state index is 14.6. The van der Waals surface area contributed by atoms with E-state index < -0.39 is 5.82 Å². The van der Waals surface area contributed by atoms with Gasteiger partial charge in [-0.3, -0.25) is 9.36 Å². The van der Waals surface area contributed by atoms with E-state index in [1.807, 2.05) is 0 Å². The summed E-state index contributed by atoms with van der Waals surface area (Å²) in [7, 11) is 1.62. The number of aromatic nitrogens is 4. The van der Waals surface area contributed by atoms with Crippen LogP contribution in [0.15, 0.2) is 57.6 Å². The molecule has 3 heterocycles. The van der Waals surface area contributed by atoms with Gasteiger partial charge in [-0.2, -0.15) is 0 Å². The van der Waals surface area contributed by atoms with E-state index in [2.05, 4.69) is 20.5 Å². The standard InChI is InChI=1S/C21H20FN5O3S2/c1-29-10-5-9-23-20(28)15-12-31-18(24-15)13-32-21-26-25-19(17-8-4-11-30-17)27(21)16-7-3-2-6-14(16)22/h2-4,6-8,11-12H,5,9-10,13H2,1H3,(H,23,28).